The van der Waals surface area contributed by atoms with Crippen LogP contribution in [0.5, 0.6) is 5.75 Å². The van der Waals surface area contributed by atoms with Gasteiger partial charge in [0.05, 0.1) is 17.9 Å². The minimum absolute atomic E-state index is 0.234. The summed E-state index contributed by atoms with van der Waals surface area (Å²) in [6.07, 6.45) is 7.14. The second kappa shape index (κ2) is 7.78. The number of ether oxygens (including phenoxy) is 1. The average Bonchev–Trinajstić information content (AvgIpc) is 3.37. The largest absolute Gasteiger partial charge is 0.492 e. The molecule has 1 aliphatic heterocycles. The van der Waals surface area contributed by atoms with Crippen LogP contribution in [0.25, 0.3) is 0 Å². The minimum atomic E-state index is -0.299. The SMILES string of the molecule is O=C(Nc1cccnc1C(=O)NCC1CCCC1)c1cccc2c1OCC2. The van der Waals surface area contributed by atoms with Gasteiger partial charge in [0.15, 0.2) is 5.69 Å². The molecule has 1 saturated carbocycles. The van der Waals surface area contributed by atoms with Crippen LogP contribution >= 0.6 is 0 Å². The summed E-state index contributed by atoms with van der Waals surface area (Å²) in [7, 11) is 0. The standard InChI is InChI=1S/C21H23N3O3/c25-20(16-8-3-7-15-10-12-27-19(15)16)24-17-9-4-11-22-18(17)21(26)23-13-14-5-1-2-6-14/h3-4,7-9,11,14H,1-2,5-6,10,12-13H2,(H,23,26)(H,24,25). The Morgan fingerprint density at radius 2 is 1.96 bits per heavy atom. The first-order valence-corrected chi connectivity index (χ1v) is 9.51. The lowest BCUT2D eigenvalue weighted by atomic mass is 10.1. The molecular weight excluding hydrogens is 342 g/mol. The molecule has 2 aromatic rings. The molecule has 2 aliphatic rings. The van der Waals surface area contributed by atoms with Crippen LogP contribution in [-0.2, 0) is 6.42 Å². The molecule has 140 valence electrons. The fourth-order valence-corrected chi connectivity index (χ4v) is 3.81. The molecule has 1 aromatic carbocycles. The Labute approximate surface area is 158 Å². The van der Waals surface area contributed by atoms with E-state index in [-0.39, 0.29) is 17.5 Å². The third kappa shape index (κ3) is 3.79. The molecule has 1 aliphatic carbocycles. The van der Waals surface area contributed by atoms with E-state index in [2.05, 4.69) is 15.6 Å². The summed E-state index contributed by atoms with van der Waals surface area (Å²) in [5.74, 6) is 0.616. The van der Waals surface area contributed by atoms with Crippen molar-refractivity contribution in [3.8, 4) is 5.75 Å². The highest BCUT2D eigenvalue weighted by Crippen LogP contribution is 2.30. The third-order valence-corrected chi connectivity index (χ3v) is 5.26. The number of carbonyl (C=O) groups excluding carboxylic acids is 2. The highest BCUT2D eigenvalue weighted by atomic mass is 16.5. The molecule has 2 N–H and O–H groups in total. The molecule has 0 saturated heterocycles. The normalized spacial score (nSPS) is 15.9. The maximum Gasteiger partial charge on any atom is 0.272 e. The van der Waals surface area contributed by atoms with Gasteiger partial charge in [-0.25, -0.2) is 4.98 Å². The van der Waals surface area contributed by atoms with Crippen molar-refractivity contribution in [1.29, 1.82) is 0 Å². The van der Waals surface area contributed by atoms with Gasteiger partial charge in [0.25, 0.3) is 11.8 Å². The molecule has 2 amide bonds. The van der Waals surface area contributed by atoms with Crippen molar-refractivity contribution >= 4 is 17.5 Å². The fourth-order valence-electron chi connectivity index (χ4n) is 3.81. The first kappa shape index (κ1) is 17.5. The van der Waals surface area contributed by atoms with Crippen molar-refractivity contribution in [2.24, 2.45) is 5.92 Å². The summed E-state index contributed by atoms with van der Waals surface area (Å²) in [4.78, 5) is 29.5. The van der Waals surface area contributed by atoms with E-state index in [9.17, 15) is 9.59 Å². The lowest BCUT2D eigenvalue weighted by Gasteiger charge is -2.13. The van der Waals surface area contributed by atoms with Gasteiger partial charge < -0.3 is 15.4 Å². The summed E-state index contributed by atoms with van der Waals surface area (Å²) >= 11 is 0. The maximum atomic E-state index is 12.8. The number of fused-ring (bicyclic) bond motifs is 1. The molecule has 6 nitrogen and oxygen atoms in total. The number of benzene rings is 1. The van der Waals surface area contributed by atoms with Crippen molar-refractivity contribution < 1.29 is 14.3 Å². The highest BCUT2D eigenvalue weighted by molar-refractivity contribution is 6.09. The average molecular weight is 365 g/mol. The van der Waals surface area contributed by atoms with Crippen molar-refractivity contribution in [1.82, 2.24) is 10.3 Å². The lowest BCUT2D eigenvalue weighted by molar-refractivity contribution is 0.0943. The van der Waals surface area contributed by atoms with Crippen LogP contribution in [0.4, 0.5) is 5.69 Å². The van der Waals surface area contributed by atoms with Gasteiger partial charge in [-0.3, -0.25) is 9.59 Å². The first-order chi connectivity index (χ1) is 13.2. The molecule has 2 heterocycles. The van der Waals surface area contributed by atoms with Crippen molar-refractivity contribution in [3.63, 3.8) is 0 Å². The zero-order valence-electron chi connectivity index (χ0n) is 15.2. The summed E-state index contributed by atoms with van der Waals surface area (Å²) in [6.45, 7) is 1.24. The summed E-state index contributed by atoms with van der Waals surface area (Å²) in [5.41, 5.74) is 2.15. The second-order valence-corrected chi connectivity index (χ2v) is 7.11. The Hall–Kier alpha value is -2.89. The molecular formula is C21H23N3O3. The van der Waals surface area contributed by atoms with Crippen LogP contribution in [-0.4, -0.2) is 29.9 Å². The van der Waals surface area contributed by atoms with Crippen LogP contribution in [0.2, 0.25) is 0 Å². The van der Waals surface area contributed by atoms with E-state index in [0.29, 0.717) is 36.1 Å². The molecule has 4 rings (SSSR count). The molecule has 0 atom stereocenters. The molecule has 6 heteroatoms. The zero-order chi connectivity index (χ0) is 18.6. The van der Waals surface area contributed by atoms with Crippen LogP contribution < -0.4 is 15.4 Å². The van der Waals surface area contributed by atoms with E-state index >= 15 is 0 Å². The topological polar surface area (TPSA) is 80.3 Å². The Kier molecular flexibility index (Phi) is 5.05. The van der Waals surface area contributed by atoms with Gasteiger partial charge in [-0.1, -0.05) is 25.0 Å². The van der Waals surface area contributed by atoms with Gasteiger partial charge in [0, 0.05) is 19.2 Å². The number of para-hydroxylation sites is 1. The molecule has 1 fully saturated rings. The number of aromatic nitrogens is 1. The minimum Gasteiger partial charge on any atom is -0.492 e. The summed E-state index contributed by atoms with van der Waals surface area (Å²) < 4.78 is 5.61. The maximum absolute atomic E-state index is 12.8. The summed E-state index contributed by atoms with van der Waals surface area (Å²) in [6, 6.07) is 8.94. The molecule has 27 heavy (non-hydrogen) atoms. The number of anilines is 1. The zero-order valence-corrected chi connectivity index (χ0v) is 15.2. The van der Waals surface area contributed by atoms with Crippen LogP contribution in [0.3, 0.4) is 0 Å². The van der Waals surface area contributed by atoms with Crippen LogP contribution in [0.1, 0.15) is 52.1 Å². The molecule has 1 aromatic heterocycles. The van der Waals surface area contributed by atoms with Gasteiger partial charge >= 0.3 is 0 Å². The van der Waals surface area contributed by atoms with E-state index in [1.807, 2.05) is 12.1 Å². The van der Waals surface area contributed by atoms with Crippen LogP contribution in [0.15, 0.2) is 36.5 Å². The van der Waals surface area contributed by atoms with E-state index in [4.69, 9.17) is 4.74 Å². The second-order valence-electron chi connectivity index (χ2n) is 7.11. The van der Waals surface area contributed by atoms with E-state index in [1.165, 1.54) is 12.8 Å². The van der Waals surface area contributed by atoms with Crippen molar-refractivity contribution in [2.45, 2.75) is 32.1 Å². The predicted molar refractivity (Wildman–Crippen MR) is 102 cm³/mol. The predicted octanol–water partition coefficient (Wildman–Crippen LogP) is 3.19. The van der Waals surface area contributed by atoms with Crippen molar-refractivity contribution in [3.05, 3.63) is 53.3 Å². The molecule has 0 bridgehead atoms. The van der Waals surface area contributed by atoms with Gasteiger partial charge in [-0.15, -0.1) is 0 Å². The quantitative estimate of drug-likeness (QED) is 0.853. The van der Waals surface area contributed by atoms with Gasteiger partial charge in [-0.2, -0.15) is 0 Å². The van der Waals surface area contributed by atoms with E-state index in [0.717, 1.165) is 24.8 Å². The third-order valence-electron chi connectivity index (χ3n) is 5.26. The number of amides is 2. The number of nitrogens with one attached hydrogen (secondary N) is 2. The number of pyridine rings is 1. The monoisotopic (exact) mass is 365 g/mol. The number of hydrogen-bond acceptors (Lipinski definition) is 4. The van der Waals surface area contributed by atoms with Crippen LogP contribution in [0, 0.1) is 5.92 Å². The molecule has 0 spiro atoms. The molecule has 0 radical (unpaired) electrons. The van der Waals surface area contributed by atoms with E-state index in [1.54, 1.807) is 24.4 Å². The first-order valence-electron chi connectivity index (χ1n) is 9.51. The lowest BCUT2D eigenvalue weighted by Crippen LogP contribution is -2.30. The number of nitrogens with zero attached hydrogens (tertiary/aromatic N) is 1. The Balaban J connectivity index is 1.48. The Morgan fingerprint density at radius 3 is 2.81 bits per heavy atom. The van der Waals surface area contributed by atoms with Gasteiger partial charge in [0.1, 0.15) is 5.75 Å². The van der Waals surface area contributed by atoms with E-state index < -0.39 is 0 Å². The Morgan fingerprint density at radius 1 is 1.11 bits per heavy atom. The number of rotatable bonds is 5. The highest BCUT2D eigenvalue weighted by Gasteiger charge is 2.23. The fraction of sp³-hybridized carbons (Fsp3) is 0.381. The number of hydrogen-bond donors (Lipinski definition) is 2. The van der Waals surface area contributed by atoms with Gasteiger partial charge in [-0.05, 0) is 42.5 Å². The van der Waals surface area contributed by atoms with Crippen molar-refractivity contribution in [2.75, 3.05) is 18.5 Å². The summed E-state index contributed by atoms with van der Waals surface area (Å²) in [5, 5.41) is 5.78. The Bertz CT molecular complexity index is 860. The van der Waals surface area contributed by atoms with Gasteiger partial charge in [0.2, 0.25) is 0 Å². The number of carbonyl (C=O) groups is 2. The molecule has 0 unspecified atom stereocenters. The smallest absolute Gasteiger partial charge is 0.272 e.